The third-order valence-electron chi connectivity index (χ3n) is 5.60. The maximum atomic E-state index is 12.8. The van der Waals surface area contributed by atoms with Gasteiger partial charge in [0.1, 0.15) is 0 Å². The molecule has 2 aromatic heterocycles. The van der Waals surface area contributed by atoms with Crippen molar-refractivity contribution in [1.29, 1.82) is 0 Å². The van der Waals surface area contributed by atoms with E-state index in [-0.39, 0.29) is 11.7 Å². The molecule has 0 saturated heterocycles. The number of ketones is 1. The number of benzene rings is 2. The third-order valence-corrected chi connectivity index (χ3v) is 6.51. The van der Waals surface area contributed by atoms with Crippen LogP contribution in [0.3, 0.4) is 0 Å². The first-order valence-electron chi connectivity index (χ1n) is 10.1. The number of hydrogen-bond acceptors (Lipinski definition) is 5. The molecule has 30 heavy (non-hydrogen) atoms. The van der Waals surface area contributed by atoms with Gasteiger partial charge < -0.3 is 0 Å². The quantitative estimate of drug-likeness (QED) is 0.442. The minimum absolute atomic E-state index is 0.126. The second kappa shape index (κ2) is 7.69. The molecule has 0 saturated carbocycles. The Balaban J connectivity index is 1.39. The Labute approximate surface area is 179 Å². The summed E-state index contributed by atoms with van der Waals surface area (Å²) >= 11 is 1.58. The minimum atomic E-state index is 0.126. The number of thioether (sulfide) groups is 1. The van der Waals surface area contributed by atoms with E-state index in [4.69, 9.17) is 4.98 Å². The lowest BCUT2D eigenvalue weighted by atomic mass is 9.82. The van der Waals surface area contributed by atoms with Crippen LogP contribution in [0.25, 0.3) is 5.78 Å². The number of Topliss-reactive ketones (excluding diaryl/α,β-unsaturated/α-hetero) is 1. The van der Waals surface area contributed by atoms with Gasteiger partial charge in [0.05, 0.1) is 11.3 Å². The fraction of sp³-hybridized carbons (Fsp3) is 0.250. The molecule has 1 atom stereocenters. The van der Waals surface area contributed by atoms with Gasteiger partial charge in [-0.1, -0.05) is 71.4 Å². The number of aromatic nitrogens is 4. The molecule has 2 heterocycles. The van der Waals surface area contributed by atoms with Gasteiger partial charge in [-0.3, -0.25) is 4.79 Å². The van der Waals surface area contributed by atoms with E-state index in [1.165, 1.54) is 22.3 Å². The van der Waals surface area contributed by atoms with E-state index in [0.717, 1.165) is 17.9 Å². The Hall–Kier alpha value is -2.99. The Morgan fingerprint density at radius 1 is 0.967 bits per heavy atom. The van der Waals surface area contributed by atoms with Crippen LogP contribution in [-0.2, 0) is 12.2 Å². The summed E-state index contributed by atoms with van der Waals surface area (Å²) < 4.78 is 1.64. The third kappa shape index (κ3) is 3.75. The fourth-order valence-electron chi connectivity index (χ4n) is 3.83. The summed E-state index contributed by atoms with van der Waals surface area (Å²) in [6, 6.07) is 16.9. The van der Waals surface area contributed by atoms with Crippen LogP contribution in [0.15, 0.2) is 59.9 Å². The molecule has 1 aliphatic rings. The van der Waals surface area contributed by atoms with Crippen molar-refractivity contribution < 1.29 is 4.79 Å². The highest BCUT2D eigenvalue weighted by Gasteiger charge is 2.28. The van der Waals surface area contributed by atoms with Crippen LogP contribution in [0.2, 0.25) is 0 Å². The first-order valence-corrected chi connectivity index (χ1v) is 11.1. The smallest absolute Gasteiger partial charge is 0.253 e. The van der Waals surface area contributed by atoms with Crippen molar-refractivity contribution >= 4 is 23.3 Å². The van der Waals surface area contributed by atoms with Crippen LogP contribution in [-0.4, -0.2) is 25.4 Å². The summed E-state index contributed by atoms with van der Waals surface area (Å²) in [7, 11) is 0. The zero-order valence-corrected chi connectivity index (χ0v) is 17.8. The number of rotatable bonds is 4. The zero-order chi connectivity index (χ0) is 20.7. The molecule has 4 aromatic rings. The Bertz CT molecular complexity index is 1230. The van der Waals surface area contributed by atoms with E-state index in [0.29, 0.717) is 22.9 Å². The van der Waals surface area contributed by atoms with E-state index < -0.39 is 0 Å². The van der Waals surface area contributed by atoms with Gasteiger partial charge in [-0.15, -0.1) is 5.10 Å². The highest BCUT2D eigenvalue weighted by molar-refractivity contribution is 7.98. The molecule has 5 nitrogen and oxygen atoms in total. The molecular weight excluding hydrogens is 392 g/mol. The van der Waals surface area contributed by atoms with Gasteiger partial charge in [0.15, 0.2) is 5.78 Å². The molecule has 5 rings (SSSR count). The molecule has 0 amide bonds. The number of hydrogen-bond donors (Lipinski definition) is 0. The van der Waals surface area contributed by atoms with Gasteiger partial charge in [0, 0.05) is 18.4 Å². The van der Waals surface area contributed by atoms with Gasteiger partial charge in [0.25, 0.3) is 5.78 Å². The number of aryl methyl sites for hydroxylation is 2. The lowest BCUT2D eigenvalue weighted by molar-refractivity contribution is 0.0962. The second-order valence-corrected chi connectivity index (χ2v) is 8.90. The fourth-order valence-corrected chi connectivity index (χ4v) is 4.61. The van der Waals surface area contributed by atoms with Crippen molar-refractivity contribution in [3.63, 3.8) is 0 Å². The summed E-state index contributed by atoms with van der Waals surface area (Å²) in [4.78, 5) is 22.1. The molecule has 150 valence electrons. The Morgan fingerprint density at radius 2 is 1.67 bits per heavy atom. The number of nitrogens with zero attached hydrogens (tertiary/aromatic N) is 4. The van der Waals surface area contributed by atoms with Crippen LogP contribution in [0.4, 0.5) is 0 Å². The number of fused-ring (bicyclic) bond motifs is 2. The number of carbonyl (C=O) groups excluding carboxylic acids is 1. The molecule has 6 heteroatoms. The largest absolute Gasteiger partial charge is 0.294 e. The predicted octanol–water partition coefficient (Wildman–Crippen LogP) is 4.95. The van der Waals surface area contributed by atoms with Gasteiger partial charge in [-0.25, -0.2) is 9.50 Å². The van der Waals surface area contributed by atoms with E-state index >= 15 is 0 Å². The molecule has 2 aromatic carbocycles. The van der Waals surface area contributed by atoms with E-state index in [9.17, 15) is 4.79 Å². The Kier molecular flexibility index (Phi) is 4.87. The van der Waals surface area contributed by atoms with Crippen LogP contribution >= 0.6 is 11.8 Å². The minimum Gasteiger partial charge on any atom is -0.294 e. The summed E-state index contributed by atoms with van der Waals surface area (Å²) in [6.45, 7) is 4.15. The molecule has 0 bridgehead atoms. The zero-order valence-electron chi connectivity index (χ0n) is 17.0. The van der Waals surface area contributed by atoms with Crippen molar-refractivity contribution in [2.75, 3.05) is 0 Å². The van der Waals surface area contributed by atoms with Crippen LogP contribution in [0, 0.1) is 13.8 Å². The average molecular weight is 415 g/mol. The predicted molar refractivity (Wildman–Crippen MR) is 118 cm³/mol. The SMILES string of the molecule is Cc1ccc(CSc2nc3nc4c(cn3n2)C(=O)C[C@H](c2ccc(C)cc2)C4)cc1. The van der Waals surface area contributed by atoms with Gasteiger partial charge in [0.2, 0.25) is 5.16 Å². The summed E-state index contributed by atoms with van der Waals surface area (Å²) in [6.07, 6.45) is 3.06. The maximum absolute atomic E-state index is 12.8. The normalized spacial score (nSPS) is 16.1. The topological polar surface area (TPSA) is 60.1 Å². The van der Waals surface area contributed by atoms with Crippen molar-refractivity contribution in [1.82, 2.24) is 19.6 Å². The van der Waals surface area contributed by atoms with Crippen molar-refractivity contribution in [2.45, 2.75) is 43.5 Å². The summed E-state index contributed by atoms with van der Waals surface area (Å²) in [5, 5.41) is 5.20. The summed E-state index contributed by atoms with van der Waals surface area (Å²) in [5.74, 6) is 1.64. The molecule has 0 radical (unpaired) electrons. The van der Waals surface area contributed by atoms with Crippen LogP contribution in [0.5, 0.6) is 0 Å². The van der Waals surface area contributed by atoms with Crippen molar-refractivity contribution in [2.24, 2.45) is 0 Å². The standard InChI is InChI=1S/C24H22N4OS/c1-15-3-7-17(8-4-15)14-30-24-26-23-25-21-11-19(18-9-5-16(2)6-10-18)12-22(29)20(21)13-28(23)27-24/h3-10,13,19H,11-12,14H2,1-2H3/t19-/m1/s1. The average Bonchev–Trinajstić information content (AvgIpc) is 3.14. The molecule has 0 fully saturated rings. The highest BCUT2D eigenvalue weighted by Crippen LogP contribution is 2.32. The van der Waals surface area contributed by atoms with Crippen LogP contribution < -0.4 is 0 Å². The van der Waals surface area contributed by atoms with E-state index in [2.05, 4.69) is 72.5 Å². The first-order chi connectivity index (χ1) is 14.5. The number of carbonyl (C=O) groups is 1. The molecular formula is C24H22N4OS. The first kappa shape index (κ1) is 19.0. The second-order valence-electron chi connectivity index (χ2n) is 7.95. The van der Waals surface area contributed by atoms with Crippen molar-refractivity contribution in [3.8, 4) is 0 Å². The molecule has 0 N–H and O–H groups in total. The van der Waals surface area contributed by atoms with Gasteiger partial charge in [-0.05, 0) is 37.3 Å². The van der Waals surface area contributed by atoms with Crippen molar-refractivity contribution in [3.05, 3.63) is 88.2 Å². The molecule has 0 unspecified atom stereocenters. The van der Waals surface area contributed by atoms with Gasteiger partial charge >= 0.3 is 0 Å². The highest BCUT2D eigenvalue weighted by atomic mass is 32.2. The monoisotopic (exact) mass is 414 g/mol. The van der Waals surface area contributed by atoms with E-state index in [1.54, 1.807) is 22.5 Å². The molecule has 0 aliphatic heterocycles. The van der Waals surface area contributed by atoms with E-state index in [1.807, 2.05) is 0 Å². The Morgan fingerprint density at radius 3 is 2.40 bits per heavy atom. The summed E-state index contributed by atoms with van der Waals surface area (Å²) in [5.41, 5.74) is 6.39. The van der Waals surface area contributed by atoms with Crippen LogP contribution in [0.1, 0.15) is 50.6 Å². The molecule has 0 spiro atoms. The lowest BCUT2D eigenvalue weighted by Crippen LogP contribution is -2.21. The van der Waals surface area contributed by atoms with Gasteiger partial charge in [-0.2, -0.15) is 4.98 Å². The lowest BCUT2D eigenvalue weighted by Gasteiger charge is -2.23. The molecule has 1 aliphatic carbocycles. The maximum Gasteiger partial charge on any atom is 0.253 e.